The van der Waals surface area contributed by atoms with Gasteiger partial charge in [0.1, 0.15) is 5.56 Å². The van der Waals surface area contributed by atoms with Gasteiger partial charge in [-0.25, -0.2) is 9.59 Å². The second-order valence-electron chi connectivity index (χ2n) is 5.44. The number of hydrogen-bond donors (Lipinski definition) is 4. The Bertz CT molecular complexity index is 1080. The summed E-state index contributed by atoms with van der Waals surface area (Å²) in [6.45, 7) is 0. The first-order valence-electron chi connectivity index (χ1n) is 7.40. The fraction of sp³-hybridized carbons (Fsp3) is 0. The SMILES string of the molecule is O=C(O)c1cc(NC(=O)c2c[nH]c3ccccc3c2=O)cc(C(=O)O)c1. The van der Waals surface area contributed by atoms with Crippen LogP contribution in [0.25, 0.3) is 10.9 Å². The summed E-state index contributed by atoms with van der Waals surface area (Å²) in [5.74, 6) is -3.46. The van der Waals surface area contributed by atoms with Gasteiger partial charge in [-0.15, -0.1) is 0 Å². The molecule has 0 spiro atoms. The standard InChI is InChI=1S/C18H12N2O6/c21-15-12-3-1-2-4-14(12)19-8-13(15)16(22)20-11-6-9(17(23)24)5-10(7-11)18(25)26/h1-8H,(H,19,21)(H,20,22)(H,23,24)(H,25,26). The summed E-state index contributed by atoms with van der Waals surface area (Å²) in [5.41, 5.74) is -0.749. The van der Waals surface area contributed by atoms with Crippen LogP contribution < -0.4 is 10.7 Å². The number of carbonyl (C=O) groups is 3. The van der Waals surface area contributed by atoms with E-state index in [1.165, 1.54) is 6.20 Å². The van der Waals surface area contributed by atoms with Crippen LogP contribution >= 0.6 is 0 Å². The van der Waals surface area contributed by atoms with Gasteiger partial charge in [0.2, 0.25) is 5.43 Å². The minimum atomic E-state index is -1.34. The first-order valence-corrected chi connectivity index (χ1v) is 7.40. The monoisotopic (exact) mass is 352 g/mol. The Hall–Kier alpha value is -3.94. The number of pyridine rings is 1. The van der Waals surface area contributed by atoms with Crippen molar-refractivity contribution in [3.63, 3.8) is 0 Å². The lowest BCUT2D eigenvalue weighted by Crippen LogP contribution is -2.22. The number of carboxylic acid groups (broad SMARTS) is 2. The average molecular weight is 352 g/mol. The topological polar surface area (TPSA) is 137 Å². The number of hydrogen-bond acceptors (Lipinski definition) is 4. The molecule has 3 aromatic rings. The molecule has 0 saturated heterocycles. The van der Waals surface area contributed by atoms with E-state index in [0.29, 0.717) is 10.9 Å². The van der Waals surface area contributed by atoms with Gasteiger partial charge >= 0.3 is 11.9 Å². The number of amides is 1. The molecule has 1 amide bonds. The molecule has 0 unspecified atom stereocenters. The van der Waals surface area contributed by atoms with Crippen molar-refractivity contribution in [2.24, 2.45) is 0 Å². The molecule has 130 valence electrons. The van der Waals surface area contributed by atoms with Crippen LogP contribution in [0, 0.1) is 0 Å². The molecule has 0 fully saturated rings. The molecule has 0 saturated carbocycles. The van der Waals surface area contributed by atoms with Crippen molar-refractivity contribution < 1.29 is 24.6 Å². The van der Waals surface area contributed by atoms with Crippen molar-refractivity contribution in [3.8, 4) is 0 Å². The second kappa shape index (κ2) is 6.52. The number of nitrogens with one attached hydrogen (secondary N) is 2. The zero-order valence-corrected chi connectivity index (χ0v) is 13.1. The summed E-state index contributed by atoms with van der Waals surface area (Å²) in [7, 11) is 0. The maximum absolute atomic E-state index is 12.4. The molecule has 0 aliphatic carbocycles. The Morgan fingerprint density at radius 2 is 1.54 bits per heavy atom. The maximum Gasteiger partial charge on any atom is 0.335 e. The van der Waals surface area contributed by atoms with Crippen molar-refractivity contribution in [1.82, 2.24) is 4.98 Å². The zero-order valence-electron chi connectivity index (χ0n) is 13.1. The van der Waals surface area contributed by atoms with E-state index >= 15 is 0 Å². The average Bonchev–Trinajstić information content (AvgIpc) is 2.61. The van der Waals surface area contributed by atoms with Gasteiger partial charge in [0.05, 0.1) is 11.1 Å². The molecule has 8 nitrogen and oxygen atoms in total. The molecule has 0 bridgehead atoms. The summed E-state index contributed by atoms with van der Waals surface area (Å²) in [6, 6.07) is 9.86. The van der Waals surface area contributed by atoms with Crippen molar-refractivity contribution in [1.29, 1.82) is 0 Å². The molecule has 0 aliphatic heterocycles. The maximum atomic E-state index is 12.4. The molecule has 0 atom stereocenters. The number of anilines is 1. The number of rotatable bonds is 4. The molecular weight excluding hydrogens is 340 g/mol. The highest BCUT2D eigenvalue weighted by Crippen LogP contribution is 2.17. The number of carboxylic acids is 2. The summed E-state index contributed by atoms with van der Waals surface area (Å²) in [6.07, 6.45) is 1.25. The third-order valence-electron chi connectivity index (χ3n) is 3.72. The lowest BCUT2D eigenvalue weighted by molar-refractivity contribution is 0.0696. The van der Waals surface area contributed by atoms with Gasteiger partial charge in [0, 0.05) is 22.8 Å². The molecular formula is C18H12N2O6. The molecule has 26 heavy (non-hydrogen) atoms. The molecule has 0 aliphatic rings. The van der Waals surface area contributed by atoms with Crippen LogP contribution in [0.1, 0.15) is 31.1 Å². The van der Waals surface area contributed by atoms with Crippen LogP contribution in [0.4, 0.5) is 5.69 Å². The molecule has 0 radical (unpaired) electrons. The van der Waals surface area contributed by atoms with Crippen LogP contribution in [-0.4, -0.2) is 33.0 Å². The van der Waals surface area contributed by atoms with Gasteiger partial charge in [-0.05, 0) is 30.3 Å². The Kier molecular flexibility index (Phi) is 4.24. The predicted molar refractivity (Wildman–Crippen MR) is 92.9 cm³/mol. The minimum Gasteiger partial charge on any atom is -0.478 e. The predicted octanol–water partition coefficient (Wildman–Crippen LogP) is 2.18. The number of aromatic nitrogens is 1. The van der Waals surface area contributed by atoms with Gasteiger partial charge in [-0.1, -0.05) is 12.1 Å². The fourth-order valence-electron chi connectivity index (χ4n) is 2.48. The second-order valence-corrected chi connectivity index (χ2v) is 5.44. The Morgan fingerprint density at radius 3 is 2.15 bits per heavy atom. The number of benzene rings is 2. The normalized spacial score (nSPS) is 10.5. The summed E-state index contributed by atoms with van der Waals surface area (Å²) in [4.78, 5) is 49.9. The number of carbonyl (C=O) groups excluding carboxylic acids is 1. The Balaban J connectivity index is 2.00. The van der Waals surface area contributed by atoms with E-state index in [1.54, 1.807) is 24.3 Å². The molecule has 1 heterocycles. The highest BCUT2D eigenvalue weighted by atomic mass is 16.4. The van der Waals surface area contributed by atoms with Crippen molar-refractivity contribution in [3.05, 3.63) is 75.6 Å². The van der Waals surface area contributed by atoms with Crippen molar-refractivity contribution in [2.75, 3.05) is 5.32 Å². The summed E-state index contributed by atoms with van der Waals surface area (Å²) < 4.78 is 0. The smallest absolute Gasteiger partial charge is 0.335 e. The van der Waals surface area contributed by atoms with Crippen LogP contribution in [-0.2, 0) is 0 Å². The zero-order chi connectivity index (χ0) is 18.8. The van der Waals surface area contributed by atoms with E-state index in [4.69, 9.17) is 10.2 Å². The molecule has 4 N–H and O–H groups in total. The highest BCUT2D eigenvalue weighted by Gasteiger charge is 2.16. The minimum absolute atomic E-state index is 0.0418. The van der Waals surface area contributed by atoms with Crippen LogP contribution in [0.2, 0.25) is 0 Å². The third kappa shape index (κ3) is 3.16. The van der Waals surface area contributed by atoms with Gasteiger partial charge in [0.15, 0.2) is 0 Å². The highest BCUT2D eigenvalue weighted by molar-refractivity contribution is 6.07. The third-order valence-corrected chi connectivity index (χ3v) is 3.72. The first kappa shape index (κ1) is 16.9. The van der Waals surface area contributed by atoms with Crippen LogP contribution in [0.3, 0.4) is 0 Å². The van der Waals surface area contributed by atoms with Crippen LogP contribution in [0.5, 0.6) is 0 Å². The van der Waals surface area contributed by atoms with Gasteiger partial charge in [-0.2, -0.15) is 0 Å². The fourth-order valence-corrected chi connectivity index (χ4v) is 2.48. The van der Waals surface area contributed by atoms with E-state index in [0.717, 1.165) is 18.2 Å². The van der Waals surface area contributed by atoms with Gasteiger partial charge in [0.25, 0.3) is 5.91 Å². The quantitative estimate of drug-likeness (QED) is 0.568. The van der Waals surface area contributed by atoms with E-state index in [-0.39, 0.29) is 22.4 Å². The summed E-state index contributed by atoms with van der Waals surface area (Å²) >= 11 is 0. The molecule has 1 aromatic heterocycles. The van der Waals surface area contributed by atoms with E-state index in [1.807, 2.05) is 0 Å². The van der Waals surface area contributed by atoms with E-state index < -0.39 is 23.3 Å². The lowest BCUT2D eigenvalue weighted by Gasteiger charge is -2.08. The van der Waals surface area contributed by atoms with Crippen molar-refractivity contribution in [2.45, 2.75) is 0 Å². The molecule has 3 rings (SSSR count). The summed E-state index contributed by atoms with van der Waals surface area (Å²) in [5, 5.41) is 20.8. The number of fused-ring (bicyclic) bond motifs is 1. The van der Waals surface area contributed by atoms with Crippen molar-refractivity contribution >= 4 is 34.4 Å². The lowest BCUT2D eigenvalue weighted by atomic mass is 10.1. The van der Waals surface area contributed by atoms with Crippen LogP contribution in [0.15, 0.2) is 53.5 Å². The molecule has 8 heteroatoms. The number of para-hydroxylation sites is 1. The molecule has 2 aromatic carbocycles. The number of aromatic amines is 1. The first-order chi connectivity index (χ1) is 12.4. The van der Waals surface area contributed by atoms with E-state index in [2.05, 4.69) is 10.3 Å². The van der Waals surface area contributed by atoms with E-state index in [9.17, 15) is 19.2 Å². The van der Waals surface area contributed by atoms with Gasteiger partial charge in [-0.3, -0.25) is 9.59 Å². The van der Waals surface area contributed by atoms with Gasteiger partial charge < -0.3 is 20.5 Å². The largest absolute Gasteiger partial charge is 0.478 e. The Labute approximate surface area is 145 Å². The number of H-pyrrole nitrogens is 1. The number of aromatic carboxylic acids is 2. The Morgan fingerprint density at radius 1 is 0.923 bits per heavy atom.